The highest BCUT2D eigenvalue weighted by Crippen LogP contribution is 2.23. The lowest BCUT2D eigenvalue weighted by Gasteiger charge is -2.14. The molecular formula is C20H20N8O3. The summed E-state index contributed by atoms with van der Waals surface area (Å²) in [6, 6.07) is 7.46. The number of aromatic nitrogens is 6. The first-order chi connectivity index (χ1) is 14.8. The second kappa shape index (κ2) is 7.94. The lowest BCUT2D eigenvalue weighted by Crippen LogP contribution is -2.35. The molecule has 4 rings (SSSR count). The van der Waals surface area contributed by atoms with E-state index >= 15 is 0 Å². The highest BCUT2D eigenvalue weighted by atomic mass is 16.6. The number of non-ortho nitro benzene ring substituents is 1. The summed E-state index contributed by atoms with van der Waals surface area (Å²) in [6.45, 7) is 3.84. The van der Waals surface area contributed by atoms with Gasteiger partial charge < -0.3 is 5.32 Å². The zero-order valence-corrected chi connectivity index (χ0v) is 17.2. The molecule has 0 radical (unpaired) electrons. The van der Waals surface area contributed by atoms with E-state index in [2.05, 4.69) is 25.5 Å². The highest BCUT2D eigenvalue weighted by molar-refractivity contribution is 5.94. The standard InChI is InChI=1S/C20H20N8O3/c1-12(7-15-10-26(3)25-13(15)2)23-19(29)18-9-17(24-20-21-11-22-27(18)20)14-5-4-6-16(8-14)28(30)31/h4-6,8-12H,7H2,1-3H3,(H,23,29)/t12-/m0/s1. The van der Waals surface area contributed by atoms with E-state index in [0.29, 0.717) is 17.7 Å². The first kappa shape index (κ1) is 20.1. The lowest BCUT2D eigenvalue weighted by atomic mass is 10.1. The Balaban J connectivity index is 1.64. The Kier molecular flexibility index (Phi) is 5.15. The van der Waals surface area contributed by atoms with Crippen LogP contribution in [0.3, 0.4) is 0 Å². The van der Waals surface area contributed by atoms with Crippen molar-refractivity contribution in [3.8, 4) is 11.3 Å². The molecule has 4 aromatic rings. The zero-order valence-electron chi connectivity index (χ0n) is 17.2. The zero-order chi connectivity index (χ0) is 22.1. The van der Waals surface area contributed by atoms with Gasteiger partial charge in [-0.05, 0) is 31.9 Å². The van der Waals surface area contributed by atoms with Crippen LogP contribution in [0.1, 0.15) is 28.7 Å². The third kappa shape index (κ3) is 4.10. The molecule has 0 spiro atoms. The average molecular weight is 420 g/mol. The smallest absolute Gasteiger partial charge is 0.270 e. The number of nitro groups is 1. The van der Waals surface area contributed by atoms with Gasteiger partial charge in [-0.25, -0.2) is 4.98 Å². The monoisotopic (exact) mass is 420 g/mol. The molecule has 1 amide bonds. The van der Waals surface area contributed by atoms with Crippen molar-refractivity contribution in [1.82, 2.24) is 34.7 Å². The van der Waals surface area contributed by atoms with Gasteiger partial charge in [-0.2, -0.15) is 19.7 Å². The summed E-state index contributed by atoms with van der Waals surface area (Å²) in [4.78, 5) is 32.2. The van der Waals surface area contributed by atoms with Crippen LogP contribution in [-0.4, -0.2) is 46.2 Å². The molecule has 0 unspecified atom stereocenters. The van der Waals surface area contributed by atoms with Crippen molar-refractivity contribution >= 4 is 17.4 Å². The second-order valence-corrected chi connectivity index (χ2v) is 7.30. The van der Waals surface area contributed by atoms with Gasteiger partial charge in [-0.1, -0.05) is 12.1 Å². The van der Waals surface area contributed by atoms with Crippen LogP contribution in [0, 0.1) is 17.0 Å². The molecule has 31 heavy (non-hydrogen) atoms. The number of rotatable bonds is 6. The van der Waals surface area contributed by atoms with E-state index in [4.69, 9.17) is 0 Å². The maximum absolute atomic E-state index is 13.0. The Hall–Kier alpha value is -4.15. The predicted octanol–water partition coefficient (Wildman–Crippen LogP) is 2.10. The van der Waals surface area contributed by atoms with E-state index in [-0.39, 0.29) is 29.1 Å². The van der Waals surface area contributed by atoms with Gasteiger partial charge in [0, 0.05) is 37.0 Å². The highest BCUT2D eigenvalue weighted by Gasteiger charge is 2.19. The quantitative estimate of drug-likeness (QED) is 0.373. The number of hydrogen-bond donors (Lipinski definition) is 1. The van der Waals surface area contributed by atoms with Crippen LogP contribution >= 0.6 is 0 Å². The van der Waals surface area contributed by atoms with Crippen LogP contribution in [0.2, 0.25) is 0 Å². The summed E-state index contributed by atoms with van der Waals surface area (Å²) >= 11 is 0. The molecule has 158 valence electrons. The molecule has 1 N–H and O–H groups in total. The molecule has 3 aromatic heterocycles. The first-order valence-corrected chi connectivity index (χ1v) is 9.57. The molecule has 1 aromatic carbocycles. The fourth-order valence-electron chi connectivity index (χ4n) is 3.43. The molecule has 3 heterocycles. The number of fused-ring (bicyclic) bond motifs is 1. The van der Waals surface area contributed by atoms with E-state index in [1.165, 1.54) is 23.0 Å². The molecule has 0 aliphatic rings. The SMILES string of the molecule is Cc1nn(C)cc1C[C@H](C)NC(=O)c1cc(-c2cccc([N+](=O)[O-])c2)nc2ncnn12. The molecule has 0 saturated carbocycles. The third-order valence-corrected chi connectivity index (χ3v) is 4.86. The fraction of sp³-hybridized carbons (Fsp3) is 0.250. The van der Waals surface area contributed by atoms with Crippen molar-refractivity contribution in [3.05, 3.63) is 69.9 Å². The number of carbonyl (C=O) groups excluding carboxylic acids is 1. The number of nitrogens with one attached hydrogen (secondary N) is 1. The summed E-state index contributed by atoms with van der Waals surface area (Å²) in [5.74, 6) is -0.122. The normalized spacial score (nSPS) is 12.1. The number of nitrogens with zero attached hydrogens (tertiary/aromatic N) is 7. The van der Waals surface area contributed by atoms with Gasteiger partial charge in [0.15, 0.2) is 0 Å². The minimum absolute atomic E-state index is 0.0629. The molecule has 1 atom stereocenters. The van der Waals surface area contributed by atoms with Gasteiger partial charge in [0.1, 0.15) is 12.0 Å². The van der Waals surface area contributed by atoms with Gasteiger partial charge in [0.05, 0.1) is 16.3 Å². The lowest BCUT2D eigenvalue weighted by molar-refractivity contribution is -0.384. The summed E-state index contributed by atoms with van der Waals surface area (Å²) in [6.07, 6.45) is 3.86. The van der Waals surface area contributed by atoms with Crippen LogP contribution in [0.15, 0.2) is 42.9 Å². The molecule has 0 saturated heterocycles. The van der Waals surface area contributed by atoms with Crippen LogP contribution in [0.25, 0.3) is 17.0 Å². The Morgan fingerprint density at radius 3 is 2.84 bits per heavy atom. The predicted molar refractivity (Wildman–Crippen MR) is 111 cm³/mol. The molecular weight excluding hydrogens is 400 g/mol. The largest absolute Gasteiger partial charge is 0.348 e. The molecule has 0 bridgehead atoms. The van der Waals surface area contributed by atoms with E-state index in [1.807, 2.05) is 27.1 Å². The van der Waals surface area contributed by atoms with E-state index in [0.717, 1.165) is 11.3 Å². The van der Waals surface area contributed by atoms with Crippen LogP contribution in [0.4, 0.5) is 5.69 Å². The summed E-state index contributed by atoms with van der Waals surface area (Å²) in [5, 5.41) is 22.5. The number of amides is 1. The fourth-order valence-corrected chi connectivity index (χ4v) is 3.43. The summed E-state index contributed by atoms with van der Waals surface area (Å²) < 4.78 is 3.09. The Morgan fingerprint density at radius 2 is 2.13 bits per heavy atom. The van der Waals surface area contributed by atoms with Crippen molar-refractivity contribution in [2.45, 2.75) is 26.3 Å². The van der Waals surface area contributed by atoms with Gasteiger partial charge >= 0.3 is 0 Å². The van der Waals surface area contributed by atoms with Crippen LogP contribution < -0.4 is 5.32 Å². The van der Waals surface area contributed by atoms with Crippen molar-refractivity contribution in [2.24, 2.45) is 7.05 Å². The Morgan fingerprint density at radius 1 is 1.32 bits per heavy atom. The molecule has 0 fully saturated rings. The first-order valence-electron chi connectivity index (χ1n) is 9.57. The van der Waals surface area contributed by atoms with Gasteiger partial charge in [0.25, 0.3) is 17.4 Å². The van der Waals surface area contributed by atoms with Gasteiger partial charge in [-0.15, -0.1) is 0 Å². The van der Waals surface area contributed by atoms with Crippen LogP contribution in [0.5, 0.6) is 0 Å². The van der Waals surface area contributed by atoms with Crippen molar-refractivity contribution in [2.75, 3.05) is 0 Å². The van der Waals surface area contributed by atoms with Gasteiger partial charge in [-0.3, -0.25) is 19.6 Å². The minimum Gasteiger partial charge on any atom is -0.348 e. The molecule has 0 aliphatic carbocycles. The molecule has 11 heteroatoms. The van der Waals surface area contributed by atoms with Crippen molar-refractivity contribution < 1.29 is 9.72 Å². The topological polar surface area (TPSA) is 133 Å². The second-order valence-electron chi connectivity index (χ2n) is 7.30. The number of carbonyl (C=O) groups is 1. The summed E-state index contributed by atoms with van der Waals surface area (Å²) in [5.41, 5.74) is 3.04. The maximum Gasteiger partial charge on any atom is 0.270 e. The third-order valence-electron chi connectivity index (χ3n) is 4.86. The minimum atomic E-state index is -0.477. The number of benzene rings is 1. The van der Waals surface area contributed by atoms with Gasteiger partial charge in [0.2, 0.25) is 0 Å². The van der Waals surface area contributed by atoms with E-state index < -0.39 is 4.92 Å². The molecule has 0 aliphatic heterocycles. The molecule has 11 nitrogen and oxygen atoms in total. The maximum atomic E-state index is 13.0. The number of nitro benzene ring substituents is 1. The van der Waals surface area contributed by atoms with E-state index in [1.54, 1.807) is 22.9 Å². The number of hydrogen-bond acceptors (Lipinski definition) is 7. The van der Waals surface area contributed by atoms with Crippen molar-refractivity contribution in [3.63, 3.8) is 0 Å². The van der Waals surface area contributed by atoms with Crippen LogP contribution in [-0.2, 0) is 13.5 Å². The Labute approximate surface area is 176 Å². The van der Waals surface area contributed by atoms with Crippen molar-refractivity contribution in [1.29, 1.82) is 0 Å². The summed E-state index contributed by atoms with van der Waals surface area (Å²) in [7, 11) is 1.85. The average Bonchev–Trinajstić information content (AvgIpc) is 3.32. The number of aryl methyl sites for hydroxylation is 2. The van der Waals surface area contributed by atoms with E-state index in [9.17, 15) is 14.9 Å². The Bertz CT molecular complexity index is 1290.